The fourth-order valence-corrected chi connectivity index (χ4v) is 2.10. The molecule has 1 aromatic carbocycles. The van der Waals surface area contributed by atoms with E-state index >= 15 is 0 Å². The van der Waals surface area contributed by atoms with Crippen molar-refractivity contribution in [3.63, 3.8) is 0 Å². The van der Waals surface area contributed by atoms with Gasteiger partial charge >= 0.3 is 0 Å². The summed E-state index contributed by atoms with van der Waals surface area (Å²) in [5.41, 5.74) is 1.99. The summed E-state index contributed by atoms with van der Waals surface area (Å²) in [5, 5.41) is 12.5. The van der Waals surface area contributed by atoms with Crippen LogP contribution in [-0.4, -0.2) is 4.98 Å². The van der Waals surface area contributed by atoms with Crippen LogP contribution in [0.2, 0.25) is 5.02 Å². The first-order chi connectivity index (χ1) is 9.63. The molecule has 0 fully saturated rings. The zero-order valence-electron chi connectivity index (χ0n) is 10.9. The van der Waals surface area contributed by atoms with E-state index in [9.17, 15) is 4.39 Å². The standard InChI is InChI=1S/C15H13ClFN3/c1-2-14(15-6-4-11(17)9-19-15)20-12-5-3-10(8-18)13(16)7-12/h3-7,9,14,20H,2H2,1H3. The smallest absolute Gasteiger partial charge is 0.141 e. The van der Waals surface area contributed by atoms with E-state index in [-0.39, 0.29) is 11.9 Å². The molecule has 0 saturated carbocycles. The van der Waals surface area contributed by atoms with Crippen molar-refractivity contribution in [1.82, 2.24) is 4.98 Å². The molecule has 0 aliphatic rings. The lowest BCUT2D eigenvalue weighted by Crippen LogP contribution is -2.11. The van der Waals surface area contributed by atoms with E-state index in [4.69, 9.17) is 16.9 Å². The Balaban J connectivity index is 2.20. The molecule has 2 rings (SSSR count). The third kappa shape index (κ3) is 3.25. The van der Waals surface area contributed by atoms with Gasteiger partial charge in [-0.05, 0) is 36.8 Å². The largest absolute Gasteiger partial charge is 0.377 e. The molecule has 1 atom stereocenters. The predicted octanol–water partition coefficient (Wildman–Crippen LogP) is 4.31. The highest BCUT2D eigenvalue weighted by Crippen LogP contribution is 2.25. The van der Waals surface area contributed by atoms with Crippen LogP contribution >= 0.6 is 11.6 Å². The SMILES string of the molecule is CCC(Nc1ccc(C#N)c(Cl)c1)c1ccc(F)cn1. The van der Waals surface area contributed by atoms with E-state index in [1.165, 1.54) is 12.3 Å². The Morgan fingerprint density at radius 2 is 2.20 bits per heavy atom. The molecule has 20 heavy (non-hydrogen) atoms. The number of nitrogens with zero attached hydrogens (tertiary/aromatic N) is 2. The van der Waals surface area contributed by atoms with E-state index in [0.717, 1.165) is 17.8 Å². The number of pyridine rings is 1. The van der Waals surface area contributed by atoms with Gasteiger partial charge in [-0.3, -0.25) is 4.98 Å². The van der Waals surface area contributed by atoms with Crippen molar-refractivity contribution < 1.29 is 4.39 Å². The number of hydrogen-bond donors (Lipinski definition) is 1. The van der Waals surface area contributed by atoms with E-state index in [2.05, 4.69) is 10.3 Å². The lowest BCUT2D eigenvalue weighted by molar-refractivity contribution is 0.614. The van der Waals surface area contributed by atoms with Crippen molar-refractivity contribution in [2.24, 2.45) is 0 Å². The fourth-order valence-electron chi connectivity index (χ4n) is 1.88. The van der Waals surface area contributed by atoms with Crippen LogP contribution in [0, 0.1) is 17.1 Å². The van der Waals surface area contributed by atoms with Gasteiger partial charge in [0.15, 0.2) is 0 Å². The van der Waals surface area contributed by atoms with Gasteiger partial charge in [-0.25, -0.2) is 4.39 Å². The maximum atomic E-state index is 12.9. The molecule has 2 aromatic rings. The highest BCUT2D eigenvalue weighted by Gasteiger charge is 2.11. The highest BCUT2D eigenvalue weighted by atomic mass is 35.5. The van der Waals surface area contributed by atoms with Gasteiger partial charge in [0, 0.05) is 5.69 Å². The zero-order chi connectivity index (χ0) is 14.5. The number of hydrogen-bond acceptors (Lipinski definition) is 3. The molecule has 0 saturated heterocycles. The summed E-state index contributed by atoms with van der Waals surface area (Å²) in [6, 6.07) is 10.2. The molecule has 0 spiro atoms. The van der Waals surface area contributed by atoms with Crippen LogP contribution in [0.4, 0.5) is 10.1 Å². The third-order valence-corrected chi connectivity index (χ3v) is 3.26. The molecule has 1 unspecified atom stereocenters. The Hall–Kier alpha value is -2.12. The maximum Gasteiger partial charge on any atom is 0.141 e. The Kier molecular flexibility index (Phi) is 4.54. The van der Waals surface area contributed by atoms with Gasteiger partial charge in [-0.2, -0.15) is 5.26 Å². The summed E-state index contributed by atoms with van der Waals surface area (Å²) >= 11 is 6.00. The summed E-state index contributed by atoms with van der Waals surface area (Å²) in [5.74, 6) is -0.356. The Morgan fingerprint density at radius 3 is 2.75 bits per heavy atom. The summed E-state index contributed by atoms with van der Waals surface area (Å²) in [6.07, 6.45) is 1.99. The molecule has 0 amide bonds. The summed E-state index contributed by atoms with van der Waals surface area (Å²) < 4.78 is 12.9. The minimum Gasteiger partial charge on any atom is -0.377 e. The molecular weight excluding hydrogens is 277 g/mol. The first-order valence-corrected chi connectivity index (χ1v) is 6.59. The van der Waals surface area contributed by atoms with Gasteiger partial charge in [0.2, 0.25) is 0 Å². The van der Waals surface area contributed by atoms with Crippen molar-refractivity contribution in [3.05, 3.63) is 58.6 Å². The molecule has 1 heterocycles. The number of benzene rings is 1. The summed E-state index contributed by atoms with van der Waals surface area (Å²) in [7, 11) is 0. The van der Waals surface area contributed by atoms with E-state index in [1.54, 1.807) is 24.3 Å². The molecule has 3 nitrogen and oxygen atoms in total. The normalized spacial score (nSPS) is 11.7. The lowest BCUT2D eigenvalue weighted by Gasteiger charge is -2.18. The average Bonchev–Trinajstić information content (AvgIpc) is 2.46. The van der Waals surface area contributed by atoms with Crippen LogP contribution in [0.1, 0.15) is 30.6 Å². The lowest BCUT2D eigenvalue weighted by atomic mass is 10.1. The first kappa shape index (κ1) is 14.3. The van der Waals surface area contributed by atoms with Crippen LogP contribution < -0.4 is 5.32 Å². The molecule has 1 aromatic heterocycles. The minimum atomic E-state index is -0.356. The van der Waals surface area contributed by atoms with Crippen molar-refractivity contribution in [3.8, 4) is 6.07 Å². The molecule has 0 aliphatic heterocycles. The molecule has 5 heteroatoms. The molecule has 0 bridgehead atoms. The van der Waals surface area contributed by atoms with E-state index in [1.807, 2.05) is 13.0 Å². The number of anilines is 1. The minimum absolute atomic E-state index is 0.0420. The van der Waals surface area contributed by atoms with Crippen molar-refractivity contribution in [1.29, 1.82) is 5.26 Å². The summed E-state index contributed by atoms with van der Waals surface area (Å²) in [6.45, 7) is 2.01. The Morgan fingerprint density at radius 1 is 1.40 bits per heavy atom. The van der Waals surface area contributed by atoms with E-state index < -0.39 is 0 Å². The highest BCUT2D eigenvalue weighted by molar-refractivity contribution is 6.32. The maximum absolute atomic E-state index is 12.9. The molecule has 0 aliphatic carbocycles. The van der Waals surface area contributed by atoms with Crippen LogP contribution in [-0.2, 0) is 0 Å². The third-order valence-electron chi connectivity index (χ3n) is 2.95. The van der Waals surface area contributed by atoms with Crippen molar-refractivity contribution in [2.75, 3.05) is 5.32 Å². The number of rotatable bonds is 4. The average molecular weight is 290 g/mol. The fraction of sp³-hybridized carbons (Fsp3) is 0.200. The molecule has 0 radical (unpaired) electrons. The van der Waals surface area contributed by atoms with Gasteiger partial charge in [0.25, 0.3) is 0 Å². The quantitative estimate of drug-likeness (QED) is 0.912. The second kappa shape index (κ2) is 6.36. The number of nitriles is 1. The number of nitrogens with one attached hydrogen (secondary N) is 1. The summed E-state index contributed by atoms with van der Waals surface area (Å²) in [4.78, 5) is 4.08. The van der Waals surface area contributed by atoms with Gasteiger partial charge in [0.1, 0.15) is 11.9 Å². The predicted molar refractivity (Wildman–Crippen MR) is 77.0 cm³/mol. The van der Waals surface area contributed by atoms with Gasteiger partial charge in [0.05, 0.1) is 28.5 Å². The van der Waals surface area contributed by atoms with Crippen LogP contribution in [0.25, 0.3) is 0 Å². The van der Waals surface area contributed by atoms with Crippen molar-refractivity contribution >= 4 is 17.3 Å². The van der Waals surface area contributed by atoms with Gasteiger partial charge in [-0.1, -0.05) is 18.5 Å². The van der Waals surface area contributed by atoms with Gasteiger partial charge < -0.3 is 5.32 Å². The van der Waals surface area contributed by atoms with Crippen LogP contribution in [0.5, 0.6) is 0 Å². The second-order valence-corrected chi connectivity index (χ2v) is 4.72. The van der Waals surface area contributed by atoms with Crippen LogP contribution in [0.3, 0.4) is 0 Å². The Bertz CT molecular complexity index is 635. The molecule has 1 N–H and O–H groups in total. The van der Waals surface area contributed by atoms with Crippen molar-refractivity contribution in [2.45, 2.75) is 19.4 Å². The molecular formula is C15H13ClFN3. The first-order valence-electron chi connectivity index (χ1n) is 6.21. The molecule has 102 valence electrons. The van der Waals surface area contributed by atoms with Gasteiger partial charge in [-0.15, -0.1) is 0 Å². The van der Waals surface area contributed by atoms with Crippen LogP contribution in [0.15, 0.2) is 36.5 Å². The van der Waals surface area contributed by atoms with E-state index in [0.29, 0.717) is 10.6 Å². The number of aromatic nitrogens is 1. The topological polar surface area (TPSA) is 48.7 Å². The zero-order valence-corrected chi connectivity index (χ0v) is 11.7. The second-order valence-electron chi connectivity index (χ2n) is 4.31. The number of halogens is 2. The monoisotopic (exact) mass is 289 g/mol. The Labute approximate surface area is 122 Å².